The van der Waals surface area contributed by atoms with E-state index in [9.17, 15) is 5.11 Å². The van der Waals surface area contributed by atoms with Gasteiger partial charge in [-0.15, -0.1) is 0 Å². The lowest BCUT2D eigenvalue weighted by Gasteiger charge is -2.31. The van der Waals surface area contributed by atoms with Crippen LogP contribution in [-0.4, -0.2) is 79.5 Å². The van der Waals surface area contributed by atoms with E-state index in [0.717, 1.165) is 6.54 Å². The first-order valence-corrected chi connectivity index (χ1v) is 4.81. The Hall–Kier alpha value is 0.0900. The molecule has 0 aromatic heterocycles. The summed E-state index contributed by atoms with van der Waals surface area (Å²) >= 11 is 0. The van der Waals surface area contributed by atoms with Crippen LogP contribution in [0.25, 0.3) is 0 Å². The SMILES string of the molecule is C[N+](C)(CCOCCO)CC(O)CO.[Cl-]. The smallest absolute Gasteiger partial charge is 0.126 e. The summed E-state index contributed by atoms with van der Waals surface area (Å²) in [5.74, 6) is 0. The molecule has 0 fully saturated rings. The van der Waals surface area contributed by atoms with E-state index in [-0.39, 0.29) is 25.6 Å². The number of quaternary nitrogens is 1. The molecule has 0 saturated carbocycles. The topological polar surface area (TPSA) is 69.9 Å². The van der Waals surface area contributed by atoms with Crippen molar-refractivity contribution in [1.29, 1.82) is 0 Å². The first kappa shape index (κ1) is 17.5. The molecule has 0 amide bonds. The quantitative estimate of drug-likeness (QED) is 0.297. The van der Waals surface area contributed by atoms with E-state index in [0.29, 0.717) is 24.2 Å². The third kappa shape index (κ3) is 10.4. The first-order valence-electron chi connectivity index (χ1n) is 4.81. The van der Waals surface area contributed by atoms with Crippen LogP contribution in [0.5, 0.6) is 0 Å². The molecule has 0 heterocycles. The van der Waals surface area contributed by atoms with E-state index in [4.69, 9.17) is 14.9 Å². The molecule has 0 aromatic rings. The van der Waals surface area contributed by atoms with Gasteiger partial charge in [0.15, 0.2) is 0 Å². The maximum atomic E-state index is 9.25. The average Bonchev–Trinajstić information content (AvgIpc) is 2.12. The molecule has 0 aromatic carbocycles. The molecule has 0 spiro atoms. The van der Waals surface area contributed by atoms with Crippen LogP contribution in [0.3, 0.4) is 0 Å². The Bertz CT molecular complexity index is 146. The van der Waals surface area contributed by atoms with Gasteiger partial charge in [-0.25, -0.2) is 0 Å². The number of likely N-dealkylation sites (N-methyl/N-ethyl adjacent to an activating group) is 1. The van der Waals surface area contributed by atoms with Crippen molar-refractivity contribution in [3.8, 4) is 0 Å². The molecule has 0 aliphatic heterocycles. The zero-order chi connectivity index (χ0) is 11.0. The number of aliphatic hydroxyl groups is 3. The average molecular weight is 244 g/mol. The van der Waals surface area contributed by atoms with Crippen LogP contribution in [-0.2, 0) is 4.74 Å². The van der Waals surface area contributed by atoms with Gasteiger partial charge in [-0.1, -0.05) is 0 Å². The van der Waals surface area contributed by atoms with Gasteiger partial charge in [-0.2, -0.15) is 0 Å². The summed E-state index contributed by atoms with van der Waals surface area (Å²) in [5, 5.41) is 26.4. The van der Waals surface area contributed by atoms with E-state index in [1.165, 1.54) is 0 Å². The van der Waals surface area contributed by atoms with Gasteiger partial charge < -0.3 is 36.9 Å². The van der Waals surface area contributed by atoms with E-state index in [1.807, 2.05) is 14.1 Å². The van der Waals surface area contributed by atoms with Crippen LogP contribution < -0.4 is 12.4 Å². The molecule has 1 unspecified atom stereocenters. The number of nitrogens with zero attached hydrogens (tertiary/aromatic N) is 1. The molecule has 3 N–H and O–H groups in total. The Labute approximate surface area is 97.3 Å². The van der Waals surface area contributed by atoms with Crippen molar-refractivity contribution in [2.24, 2.45) is 0 Å². The summed E-state index contributed by atoms with van der Waals surface area (Å²) in [6.45, 7) is 1.97. The third-order valence-electron chi connectivity index (χ3n) is 1.99. The van der Waals surface area contributed by atoms with Gasteiger partial charge in [-0.05, 0) is 0 Å². The summed E-state index contributed by atoms with van der Waals surface area (Å²) in [7, 11) is 3.92. The highest BCUT2D eigenvalue weighted by molar-refractivity contribution is 4.49. The summed E-state index contributed by atoms with van der Waals surface area (Å²) in [5.41, 5.74) is 0. The molecule has 0 aliphatic carbocycles. The molecule has 94 valence electrons. The van der Waals surface area contributed by atoms with Gasteiger partial charge in [0.25, 0.3) is 0 Å². The highest BCUT2D eigenvalue weighted by Crippen LogP contribution is 1.99. The van der Waals surface area contributed by atoms with Crippen LogP contribution in [0, 0.1) is 0 Å². The summed E-state index contributed by atoms with van der Waals surface area (Å²) in [6.07, 6.45) is -0.678. The molecular weight excluding hydrogens is 222 g/mol. The second-order valence-corrected chi connectivity index (χ2v) is 4.01. The Morgan fingerprint density at radius 3 is 2.27 bits per heavy atom. The second-order valence-electron chi connectivity index (χ2n) is 4.01. The van der Waals surface area contributed by atoms with Crippen molar-refractivity contribution in [1.82, 2.24) is 0 Å². The van der Waals surface area contributed by atoms with Crippen LogP contribution in [0.2, 0.25) is 0 Å². The van der Waals surface area contributed by atoms with Crippen molar-refractivity contribution in [2.45, 2.75) is 6.10 Å². The van der Waals surface area contributed by atoms with Crippen molar-refractivity contribution in [3.05, 3.63) is 0 Å². The minimum absolute atomic E-state index is 0. The monoisotopic (exact) mass is 243 g/mol. The van der Waals surface area contributed by atoms with Gasteiger partial charge in [0.05, 0.1) is 40.5 Å². The number of hydrogen-bond acceptors (Lipinski definition) is 4. The van der Waals surface area contributed by atoms with Gasteiger partial charge >= 0.3 is 0 Å². The summed E-state index contributed by atoms with van der Waals surface area (Å²) in [4.78, 5) is 0. The zero-order valence-corrected chi connectivity index (χ0v) is 10.2. The fourth-order valence-corrected chi connectivity index (χ4v) is 1.20. The predicted molar refractivity (Wildman–Crippen MR) is 52.8 cm³/mol. The Balaban J connectivity index is 0. The van der Waals surface area contributed by atoms with E-state index >= 15 is 0 Å². The minimum atomic E-state index is -0.678. The van der Waals surface area contributed by atoms with Crippen LogP contribution in [0.15, 0.2) is 0 Å². The molecule has 0 bridgehead atoms. The standard InChI is InChI=1S/C9H22NO4.ClH/c1-10(2,7-9(13)8-12)3-5-14-6-4-11;/h9,11-13H,3-8H2,1-2H3;1H/q+1;/p-1. The van der Waals surface area contributed by atoms with Crippen molar-refractivity contribution < 1.29 is 36.9 Å². The molecule has 0 saturated heterocycles. The molecule has 0 aliphatic rings. The lowest BCUT2D eigenvalue weighted by Crippen LogP contribution is -3.00. The fraction of sp³-hybridized carbons (Fsp3) is 1.00. The summed E-state index contributed by atoms with van der Waals surface area (Å²) < 4.78 is 5.71. The lowest BCUT2D eigenvalue weighted by atomic mass is 10.3. The summed E-state index contributed by atoms with van der Waals surface area (Å²) in [6, 6.07) is 0. The van der Waals surface area contributed by atoms with Crippen LogP contribution in [0.4, 0.5) is 0 Å². The number of aliphatic hydroxyl groups excluding tert-OH is 3. The highest BCUT2D eigenvalue weighted by Gasteiger charge is 2.19. The van der Waals surface area contributed by atoms with Crippen molar-refractivity contribution in [3.63, 3.8) is 0 Å². The normalized spacial score (nSPS) is 13.4. The maximum Gasteiger partial charge on any atom is 0.126 e. The molecule has 0 radical (unpaired) electrons. The Kier molecular flexibility index (Phi) is 10.9. The van der Waals surface area contributed by atoms with Crippen molar-refractivity contribution >= 4 is 0 Å². The lowest BCUT2D eigenvalue weighted by molar-refractivity contribution is -0.893. The highest BCUT2D eigenvalue weighted by atomic mass is 35.5. The Morgan fingerprint density at radius 2 is 1.80 bits per heavy atom. The largest absolute Gasteiger partial charge is 1.00 e. The number of halogens is 1. The molecular formula is C9H22ClNO4. The van der Waals surface area contributed by atoms with Gasteiger partial charge in [0.2, 0.25) is 0 Å². The number of ether oxygens (including phenoxy) is 1. The first-order chi connectivity index (χ1) is 6.52. The number of hydrogen-bond donors (Lipinski definition) is 3. The molecule has 5 nitrogen and oxygen atoms in total. The van der Waals surface area contributed by atoms with Gasteiger partial charge in [0, 0.05) is 0 Å². The molecule has 6 heteroatoms. The van der Waals surface area contributed by atoms with Crippen molar-refractivity contribution in [2.75, 3.05) is 53.6 Å². The molecule has 15 heavy (non-hydrogen) atoms. The minimum Gasteiger partial charge on any atom is -1.00 e. The second kappa shape index (κ2) is 9.33. The maximum absolute atomic E-state index is 9.25. The number of rotatable bonds is 8. The van der Waals surface area contributed by atoms with E-state index in [2.05, 4.69) is 0 Å². The van der Waals surface area contributed by atoms with Gasteiger partial charge in [-0.3, -0.25) is 0 Å². The van der Waals surface area contributed by atoms with E-state index < -0.39 is 6.10 Å². The zero-order valence-electron chi connectivity index (χ0n) is 9.40. The third-order valence-corrected chi connectivity index (χ3v) is 1.99. The fourth-order valence-electron chi connectivity index (χ4n) is 1.20. The van der Waals surface area contributed by atoms with Gasteiger partial charge in [0.1, 0.15) is 19.2 Å². The molecule has 1 atom stereocenters. The Morgan fingerprint density at radius 1 is 1.20 bits per heavy atom. The molecule has 0 rings (SSSR count). The van der Waals surface area contributed by atoms with Crippen LogP contribution >= 0.6 is 0 Å². The predicted octanol–water partition coefficient (Wildman–Crippen LogP) is -4.57. The van der Waals surface area contributed by atoms with E-state index in [1.54, 1.807) is 0 Å². The van der Waals surface area contributed by atoms with Crippen LogP contribution in [0.1, 0.15) is 0 Å².